The molecule has 1 aliphatic heterocycles. The number of amidine groups is 1. The van der Waals surface area contributed by atoms with Crippen LogP contribution in [0, 0.1) is 0 Å². The maximum Gasteiger partial charge on any atom is 0.180 e. The Morgan fingerprint density at radius 3 is 2.92 bits per heavy atom. The number of aryl methyl sites for hydroxylation is 1. The average Bonchev–Trinajstić information content (AvgIpc) is 3.22. The van der Waals surface area contributed by atoms with Crippen LogP contribution in [-0.4, -0.2) is 35.1 Å². The van der Waals surface area contributed by atoms with Gasteiger partial charge in [-0.15, -0.1) is 0 Å². The van der Waals surface area contributed by atoms with Crippen molar-refractivity contribution in [1.82, 2.24) is 24.1 Å². The second-order valence-corrected chi connectivity index (χ2v) is 6.47. The predicted octanol–water partition coefficient (Wildman–Crippen LogP) is 2.94. The van der Waals surface area contributed by atoms with Crippen molar-refractivity contribution < 1.29 is 0 Å². The Labute approximate surface area is 143 Å². The molecule has 122 valence electrons. The number of anilines is 1. The highest BCUT2D eigenvalue weighted by atomic mass is 32.2. The zero-order valence-electron chi connectivity index (χ0n) is 13.5. The molecule has 0 aliphatic carbocycles. The molecular weight excluding hydrogens is 322 g/mol. The summed E-state index contributed by atoms with van der Waals surface area (Å²) in [6.45, 7) is 2.15. The van der Waals surface area contributed by atoms with E-state index in [1.54, 1.807) is 22.6 Å². The van der Waals surface area contributed by atoms with Crippen molar-refractivity contribution >= 4 is 28.4 Å². The number of hydrogen-bond acceptors (Lipinski definition) is 6. The molecule has 0 spiro atoms. The molecule has 0 saturated carbocycles. The van der Waals surface area contributed by atoms with Gasteiger partial charge in [0.1, 0.15) is 0 Å². The second-order valence-electron chi connectivity index (χ2n) is 5.50. The molecule has 3 aromatic rings. The minimum absolute atomic E-state index is 0.701. The lowest BCUT2D eigenvalue weighted by atomic mass is 10.2. The van der Waals surface area contributed by atoms with E-state index in [0.29, 0.717) is 5.82 Å². The standard InChI is InChI=1S/C16H17N7S/c1-3-11-6-19-16(24-10-11)21-14-15-18-8-13(23(15)5-4-17-14)12-7-20-22(2)9-12/h4-9H,3,10H2,1-2H3,(H,17,19,21). The van der Waals surface area contributed by atoms with Crippen LogP contribution in [0.1, 0.15) is 13.3 Å². The third kappa shape index (κ3) is 2.69. The lowest BCUT2D eigenvalue weighted by Gasteiger charge is -2.13. The molecule has 1 aliphatic rings. The van der Waals surface area contributed by atoms with E-state index < -0.39 is 0 Å². The Hall–Kier alpha value is -2.61. The highest BCUT2D eigenvalue weighted by Crippen LogP contribution is 2.25. The summed E-state index contributed by atoms with van der Waals surface area (Å²) in [4.78, 5) is 13.4. The molecule has 0 unspecified atom stereocenters. The van der Waals surface area contributed by atoms with Gasteiger partial charge >= 0.3 is 0 Å². The van der Waals surface area contributed by atoms with Gasteiger partial charge in [-0.1, -0.05) is 18.7 Å². The van der Waals surface area contributed by atoms with E-state index in [1.807, 2.05) is 42.4 Å². The van der Waals surface area contributed by atoms with E-state index >= 15 is 0 Å². The Morgan fingerprint density at radius 2 is 2.21 bits per heavy atom. The molecule has 4 heterocycles. The molecule has 7 nitrogen and oxygen atoms in total. The lowest BCUT2D eigenvalue weighted by Crippen LogP contribution is -2.13. The number of thioether (sulfide) groups is 1. The zero-order chi connectivity index (χ0) is 16.5. The number of imidazole rings is 1. The maximum atomic E-state index is 4.52. The van der Waals surface area contributed by atoms with Crippen molar-refractivity contribution in [2.75, 3.05) is 11.1 Å². The lowest BCUT2D eigenvalue weighted by molar-refractivity contribution is 0.768. The SMILES string of the molecule is CCC1=CN=C(Nc2nccn3c(-c4cnn(C)c4)cnc23)SC1. The number of aliphatic imine (C=N–C) groups is 1. The number of nitrogens with zero attached hydrogens (tertiary/aromatic N) is 6. The van der Waals surface area contributed by atoms with Gasteiger partial charge in [0.2, 0.25) is 0 Å². The highest BCUT2D eigenvalue weighted by molar-refractivity contribution is 8.14. The van der Waals surface area contributed by atoms with Crippen LogP contribution < -0.4 is 5.32 Å². The van der Waals surface area contributed by atoms with Crippen molar-refractivity contribution in [1.29, 1.82) is 0 Å². The Kier molecular flexibility index (Phi) is 3.81. The Bertz CT molecular complexity index is 950. The summed E-state index contributed by atoms with van der Waals surface area (Å²) in [7, 11) is 1.90. The van der Waals surface area contributed by atoms with Crippen molar-refractivity contribution in [3.63, 3.8) is 0 Å². The van der Waals surface area contributed by atoms with E-state index in [0.717, 1.165) is 34.2 Å². The normalized spacial score (nSPS) is 14.6. The molecule has 0 bridgehead atoms. The fourth-order valence-electron chi connectivity index (χ4n) is 2.52. The van der Waals surface area contributed by atoms with Crippen molar-refractivity contribution in [3.8, 4) is 11.3 Å². The molecular formula is C16H17N7S. The minimum atomic E-state index is 0.701. The van der Waals surface area contributed by atoms with Crippen molar-refractivity contribution in [2.45, 2.75) is 13.3 Å². The van der Waals surface area contributed by atoms with Gasteiger partial charge in [-0.3, -0.25) is 9.08 Å². The first-order chi connectivity index (χ1) is 11.7. The first-order valence-electron chi connectivity index (χ1n) is 7.71. The number of hydrogen-bond donors (Lipinski definition) is 1. The summed E-state index contributed by atoms with van der Waals surface area (Å²) in [5.74, 6) is 1.66. The smallest absolute Gasteiger partial charge is 0.180 e. The molecule has 24 heavy (non-hydrogen) atoms. The molecule has 3 aromatic heterocycles. The molecule has 0 saturated heterocycles. The summed E-state index contributed by atoms with van der Waals surface area (Å²) in [6.07, 6.45) is 12.3. The number of fused-ring (bicyclic) bond motifs is 1. The maximum absolute atomic E-state index is 4.52. The van der Waals surface area contributed by atoms with Crippen LogP contribution >= 0.6 is 11.8 Å². The van der Waals surface area contributed by atoms with Crippen LogP contribution in [0.5, 0.6) is 0 Å². The van der Waals surface area contributed by atoms with E-state index in [4.69, 9.17) is 0 Å². The number of nitrogens with one attached hydrogen (secondary N) is 1. The van der Waals surface area contributed by atoms with Gasteiger partial charge in [0, 0.05) is 43.2 Å². The minimum Gasteiger partial charge on any atom is -0.316 e. The van der Waals surface area contributed by atoms with Crippen LogP contribution in [0.2, 0.25) is 0 Å². The first kappa shape index (κ1) is 14.9. The Balaban J connectivity index is 1.69. The third-order valence-electron chi connectivity index (χ3n) is 3.87. The monoisotopic (exact) mass is 339 g/mol. The fraction of sp³-hybridized carbons (Fsp3) is 0.250. The first-order valence-corrected chi connectivity index (χ1v) is 8.70. The van der Waals surface area contributed by atoms with Crippen LogP contribution in [0.15, 0.2) is 47.7 Å². The second kappa shape index (κ2) is 6.12. The van der Waals surface area contributed by atoms with E-state index in [1.165, 1.54) is 5.57 Å². The molecule has 0 amide bonds. The summed E-state index contributed by atoms with van der Waals surface area (Å²) >= 11 is 1.69. The largest absolute Gasteiger partial charge is 0.316 e. The highest BCUT2D eigenvalue weighted by Gasteiger charge is 2.14. The van der Waals surface area contributed by atoms with Gasteiger partial charge < -0.3 is 5.32 Å². The van der Waals surface area contributed by atoms with Crippen molar-refractivity contribution in [2.24, 2.45) is 12.0 Å². The molecule has 0 radical (unpaired) electrons. The van der Waals surface area contributed by atoms with Crippen LogP contribution in [0.3, 0.4) is 0 Å². The summed E-state index contributed by atoms with van der Waals surface area (Å²) in [5.41, 5.74) is 4.11. The van der Waals surface area contributed by atoms with Gasteiger partial charge in [0.25, 0.3) is 0 Å². The number of rotatable bonds is 3. The molecule has 0 atom stereocenters. The summed E-state index contributed by atoms with van der Waals surface area (Å²) in [5, 5.41) is 8.36. The molecule has 8 heteroatoms. The zero-order valence-corrected chi connectivity index (χ0v) is 14.3. The van der Waals surface area contributed by atoms with Gasteiger partial charge in [-0.05, 0) is 12.0 Å². The van der Waals surface area contributed by atoms with Gasteiger partial charge in [0.05, 0.1) is 18.1 Å². The Morgan fingerprint density at radius 1 is 1.29 bits per heavy atom. The van der Waals surface area contributed by atoms with E-state index in [9.17, 15) is 0 Å². The molecule has 4 rings (SSSR count). The van der Waals surface area contributed by atoms with E-state index in [2.05, 4.69) is 32.3 Å². The molecule has 0 aromatic carbocycles. The molecule has 1 N–H and O–H groups in total. The fourth-order valence-corrected chi connectivity index (χ4v) is 3.42. The predicted molar refractivity (Wildman–Crippen MR) is 97.1 cm³/mol. The summed E-state index contributed by atoms with van der Waals surface area (Å²) in [6, 6.07) is 0. The quantitative estimate of drug-likeness (QED) is 0.794. The average molecular weight is 339 g/mol. The van der Waals surface area contributed by atoms with Gasteiger partial charge in [-0.2, -0.15) is 5.10 Å². The summed E-state index contributed by atoms with van der Waals surface area (Å²) < 4.78 is 3.79. The van der Waals surface area contributed by atoms with Crippen LogP contribution in [-0.2, 0) is 7.05 Å². The van der Waals surface area contributed by atoms with E-state index in [-0.39, 0.29) is 0 Å². The molecule has 0 fully saturated rings. The van der Waals surface area contributed by atoms with Crippen LogP contribution in [0.25, 0.3) is 16.9 Å². The van der Waals surface area contributed by atoms with Crippen molar-refractivity contribution in [3.05, 3.63) is 42.8 Å². The topological polar surface area (TPSA) is 72.4 Å². The van der Waals surface area contributed by atoms with Gasteiger partial charge in [0.15, 0.2) is 16.6 Å². The number of aromatic nitrogens is 5. The van der Waals surface area contributed by atoms with Gasteiger partial charge in [-0.25, -0.2) is 15.0 Å². The van der Waals surface area contributed by atoms with Crippen LogP contribution in [0.4, 0.5) is 5.82 Å². The third-order valence-corrected chi connectivity index (χ3v) is 4.86.